The van der Waals surface area contributed by atoms with Crippen LogP contribution in [0.25, 0.3) is 5.65 Å². The Labute approximate surface area is 145 Å². The number of hydrogen-bond acceptors (Lipinski definition) is 5. The molecule has 0 saturated carbocycles. The van der Waals surface area contributed by atoms with Gasteiger partial charge in [0.05, 0.1) is 10.7 Å². The van der Waals surface area contributed by atoms with E-state index in [1.165, 1.54) is 4.90 Å². The fourth-order valence-electron chi connectivity index (χ4n) is 1.95. The first-order chi connectivity index (χ1) is 10.5. The van der Waals surface area contributed by atoms with E-state index in [1.807, 2.05) is 26.2 Å². The number of hydrogen-bond donors (Lipinski definition) is 1. The topological polar surface area (TPSA) is 45.5 Å². The van der Waals surface area contributed by atoms with Gasteiger partial charge in [0.25, 0.3) is 0 Å². The van der Waals surface area contributed by atoms with Gasteiger partial charge in [0.2, 0.25) is 0 Å². The van der Waals surface area contributed by atoms with Gasteiger partial charge < -0.3 is 5.32 Å². The summed E-state index contributed by atoms with van der Waals surface area (Å²) in [5.41, 5.74) is 1.63. The van der Waals surface area contributed by atoms with Crippen LogP contribution < -0.4 is 5.32 Å². The predicted octanol–water partition coefficient (Wildman–Crippen LogP) is 4.46. The van der Waals surface area contributed by atoms with Gasteiger partial charge in [-0.3, -0.25) is 4.31 Å². The maximum atomic E-state index is 6.08. The van der Waals surface area contributed by atoms with Gasteiger partial charge in [0.15, 0.2) is 5.65 Å². The van der Waals surface area contributed by atoms with Crippen molar-refractivity contribution in [1.82, 2.24) is 18.9 Å². The molecule has 5 nitrogen and oxygen atoms in total. The summed E-state index contributed by atoms with van der Waals surface area (Å²) in [6.45, 7) is 0. The SMILES string of the molecule is CN(C)Sc1ccc(Nc2cc(Cl)nc3c(Br)cnn23)cc1. The minimum absolute atomic E-state index is 0.413. The van der Waals surface area contributed by atoms with Crippen molar-refractivity contribution in [1.29, 1.82) is 0 Å². The third-order valence-electron chi connectivity index (χ3n) is 2.81. The molecule has 22 heavy (non-hydrogen) atoms. The summed E-state index contributed by atoms with van der Waals surface area (Å²) in [5, 5.41) is 8.01. The van der Waals surface area contributed by atoms with E-state index >= 15 is 0 Å². The summed E-state index contributed by atoms with van der Waals surface area (Å²) in [4.78, 5) is 5.43. The molecule has 0 bridgehead atoms. The maximum Gasteiger partial charge on any atom is 0.173 e. The Morgan fingerprint density at radius 2 is 2.00 bits per heavy atom. The van der Waals surface area contributed by atoms with Crippen LogP contribution in [0.1, 0.15) is 0 Å². The van der Waals surface area contributed by atoms with E-state index in [4.69, 9.17) is 11.6 Å². The monoisotopic (exact) mass is 397 g/mol. The van der Waals surface area contributed by atoms with E-state index in [-0.39, 0.29) is 0 Å². The molecule has 0 radical (unpaired) electrons. The number of rotatable bonds is 4. The Balaban J connectivity index is 1.90. The highest BCUT2D eigenvalue weighted by atomic mass is 79.9. The molecule has 0 spiro atoms. The van der Waals surface area contributed by atoms with Gasteiger partial charge in [0, 0.05) is 16.6 Å². The second-order valence-corrected chi connectivity index (χ2v) is 7.37. The van der Waals surface area contributed by atoms with Crippen molar-refractivity contribution < 1.29 is 0 Å². The Kier molecular flexibility index (Phi) is 4.58. The van der Waals surface area contributed by atoms with Crippen LogP contribution in [0, 0.1) is 0 Å². The second-order valence-electron chi connectivity index (χ2n) is 4.75. The Morgan fingerprint density at radius 3 is 2.68 bits per heavy atom. The van der Waals surface area contributed by atoms with Crippen molar-refractivity contribution in [3.63, 3.8) is 0 Å². The third-order valence-corrected chi connectivity index (χ3v) is 4.41. The standard InChI is InChI=1S/C14H13BrClN5S/c1-20(2)22-10-5-3-9(4-6-10)18-13-7-12(16)19-14-11(15)8-17-21(13)14/h3-8,18H,1-2H3. The quantitative estimate of drug-likeness (QED) is 0.519. The van der Waals surface area contributed by atoms with Crippen LogP contribution in [-0.4, -0.2) is 33.0 Å². The van der Waals surface area contributed by atoms with Crippen molar-refractivity contribution in [2.45, 2.75) is 4.90 Å². The van der Waals surface area contributed by atoms with Gasteiger partial charge in [0.1, 0.15) is 11.0 Å². The maximum absolute atomic E-state index is 6.08. The summed E-state index contributed by atoms with van der Waals surface area (Å²) in [6, 6.07) is 9.91. The van der Waals surface area contributed by atoms with Crippen LogP contribution in [0.3, 0.4) is 0 Å². The molecule has 0 aliphatic rings. The molecule has 0 saturated heterocycles. The first-order valence-electron chi connectivity index (χ1n) is 6.45. The fourth-order valence-corrected chi connectivity index (χ4v) is 3.16. The number of anilines is 2. The minimum atomic E-state index is 0.413. The molecular weight excluding hydrogens is 386 g/mol. The van der Waals surface area contributed by atoms with Gasteiger partial charge in [-0.2, -0.15) is 9.61 Å². The number of benzene rings is 1. The van der Waals surface area contributed by atoms with E-state index in [2.05, 4.69) is 47.8 Å². The van der Waals surface area contributed by atoms with Crippen LogP contribution in [0.5, 0.6) is 0 Å². The van der Waals surface area contributed by atoms with Crippen LogP contribution in [0.2, 0.25) is 5.15 Å². The molecule has 0 atom stereocenters. The second kappa shape index (κ2) is 6.45. The number of aromatic nitrogens is 3. The van der Waals surface area contributed by atoms with Crippen LogP contribution in [0.15, 0.2) is 45.9 Å². The summed E-state index contributed by atoms with van der Waals surface area (Å²) >= 11 is 11.2. The lowest BCUT2D eigenvalue weighted by Crippen LogP contribution is -2.01. The largest absolute Gasteiger partial charge is 0.340 e. The lowest BCUT2D eigenvalue weighted by Gasteiger charge is -2.11. The molecule has 0 fully saturated rings. The molecule has 1 N–H and O–H groups in total. The lowest BCUT2D eigenvalue weighted by molar-refractivity contribution is 0.702. The van der Waals surface area contributed by atoms with Crippen molar-refractivity contribution in [3.05, 3.63) is 46.2 Å². The summed E-state index contributed by atoms with van der Waals surface area (Å²) < 4.78 is 4.56. The zero-order valence-electron chi connectivity index (χ0n) is 11.9. The van der Waals surface area contributed by atoms with E-state index in [9.17, 15) is 0 Å². The highest BCUT2D eigenvalue weighted by Crippen LogP contribution is 2.26. The van der Waals surface area contributed by atoms with Crippen molar-refractivity contribution in [3.8, 4) is 0 Å². The van der Waals surface area contributed by atoms with Crippen molar-refractivity contribution in [2.75, 3.05) is 19.4 Å². The van der Waals surface area contributed by atoms with Gasteiger partial charge in [-0.05, 0) is 66.2 Å². The zero-order valence-corrected chi connectivity index (χ0v) is 15.1. The van der Waals surface area contributed by atoms with Crippen LogP contribution in [-0.2, 0) is 0 Å². The first-order valence-corrected chi connectivity index (χ1v) is 8.39. The van der Waals surface area contributed by atoms with Crippen molar-refractivity contribution >= 4 is 56.6 Å². The first kappa shape index (κ1) is 15.6. The Bertz CT molecular complexity index is 803. The molecule has 2 heterocycles. The molecule has 2 aromatic heterocycles. The molecule has 3 aromatic rings. The predicted molar refractivity (Wildman–Crippen MR) is 95.0 cm³/mol. The van der Waals surface area contributed by atoms with Crippen LogP contribution >= 0.6 is 39.5 Å². The molecule has 0 amide bonds. The normalized spacial score (nSPS) is 11.3. The summed E-state index contributed by atoms with van der Waals surface area (Å²) in [7, 11) is 4.03. The van der Waals surface area contributed by atoms with E-state index in [1.54, 1.807) is 28.7 Å². The van der Waals surface area contributed by atoms with Gasteiger partial charge in [-0.1, -0.05) is 11.6 Å². The van der Waals surface area contributed by atoms with E-state index < -0.39 is 0 Å². The Hall–Kier alpha value is -1.28. The third kappa shape index (κ3) is 3.38. The number of halogens is 2. The molecule has 8 heteroatoms. The number of fused-ring (bicyclic) bond motifs is 1. The lowest BCUT2D eigenvalue weighted by atomic mass is 10.3. The van der Waals surface area contributed by atoms with Gasteiger partial charge in [-0.15, -0.1) is 0 Å². The Morgan fingerprint density at radius 1 is 1.27 bits per heavy atom. The fraction of sp³-hybridized carbons (Fsp3) is 0.143. The summed E-state index contributed by atoms with van der Waals surface area (Å²) in [5.74, 6) is 0.758. The molecule has 0 aliphatic heterocycles. The average molecular weight is 399 g/mol. The van der Waals surface area contributed by atoms with Gasteiger partial charge >= 0.3 is 0 Å². The molecule has 3 rings (SSSR count). The molecule has 114 valence electrons. The minimum Gasteiger partial charge on any atom is -0.340 e. The molecule has 1 aromatic carbocycles. The van der Waals surface area contributed by atoms with Crippen molar-refractivity contribution in [2.24, 2.45) is 0 Å². The highest BCUT2D eigenvalue weighted by molar-refractivity contribution is 9.10. The smallest absolute Gasteiger partial charge is 0.173 e. The molecule has 0 unspecified atom stereocenters. The number of nitrogens with one attached hydrogen (secondary N) is 1. The average Bonchev–Trinajstić information content (AvgIpc) is 2.82. The number of nitrogens with zero attached hydrogens (tertiary/aromatic N) is 4. The van der Waals surface area contributed by atoms with Crippen LogP contribution in [0.4, 0.5) is 11.5 Å². The molecular formula is C14H13BrClN5S. The van der Waals surface area contributed by atoms with E-state index in [0.717, 1.165) is 16.0 Å². The van der Waals surface area contributed by atoms with E-state index in [0.29, 0.717) is 10.8 Å². The van der Waals surface area contributed by atoms with Gasteiger partial charge in [-0.25, -0.2) is 4.98 Å². The summed E-state index contributed by atoms with van der Waals surface area (Å²) in [6.07, 6.45) is 1.70. The zero-order chi connectivity index (χ0) is 15.7. The highest BCUT2D eigenvalue weighted by Gasteiger charge is 2.09. The molecule has 0 aliphatic carbocycles.